The van der Waals surface area contributed by atoms with Crippen molar-refractivity contribution in [2.45, 2.75) is 19.5 Å². The zero-order chi connectivity index (χ0) is 25.6. The van der Waals surface area contributed by atoms with Crippen LogP contribution >= 0.6 is 0 Å². The molecule has 3 heterocycles. The summed E-state index contributed by atoms with van der Waals surface area (Å²) >= 11 is 0. The third-order valence-corrected chi connectivity index (χ3v) is 6.02. The Morgan fingerprint density at radius 1 is 1.03 bits per heavy atom. The largest absolute Gasteiger partial charge is 0.365 e. The first-order valence-electron chi connectivity index (χ1n) is 11.9. The molecule has 3 aromatic heterocycles. The summed E-state index contributed by atoms with van der Waals surface area (Å²) in [4.78, 5) is 37.9. The zero-order valence-electron chi connectivity index (χ0n) is 19.9. The van der Waals surface area contributed by atoms with E-state index >= 15 is 0 Å². The minimum Gasteiger partial charge on any atom is -0.365 e. The number of anilines is 1. The van der Waals surface area contributed by atoms with Gasteiger partial charge in [-0.05, 0) is 35.7 Å². The highest BCUT2D eigenvalue weighted by molar-refractivity contribution is 5.80. The van der Waals surface area contributed by atoms with Gasteiger partial charge in [0.2, 0.25) is 5.91 Å². The van der Waals surface area contributed by atoms with Gasteiger partial charge >= 0.3 is 0 Å². The predicted molar refractivity (Wildman–Crippen MR) is 140 cm³/mol. The maximum atomic E-state index is 13.9. The van der Waals surface area contributed by atoms with Gasteiger partial charge in [0.1, 0.15) is 12.4 Å². The lowest BCUT2D eigenvalue weighted by Gasteiger charge is -2.15. The van der Waals surface area contributed by atoms with Gasteiger partial charge in [-0.15, -0.1) is 0 Å². The number of H-pyrrole nitrogens is 1. The molecule has 0 saturated heterocycles. The van der Waals surface area contributed by atoms with Crippen LogP contribution in [0.4, 0.5) is 10.2 Å². The number of fused-ring (bicyclic) bond motifs is 1. The van der Waals surface area contributed by atoms with E-state index in [9.17, 15) is 14.0 Å². The summed E-state index contributed by atoms with van der Waals surface area (Å²) in [5.41, 5.74) is 3.17. The van der Waals surface area contributed by atoms with Crippen molar-refractivity contribution in [1.82, 2.24) is 24.8 Å². The topological polar surface area (TPSA) is 105 Å². The SMILES string of the molecule is O=C(Cn1c(-c2ccccc2)cnc(NCCc2ccccc2F)c1=O)NCc1cc2cnccc2[nH]1. The highest BCUT2D eigenvalue weighted by Crippen LogP contribution is 2.18. The number of hydrogen-bond acceptors (Lipinski definition) is 5. The van der Waals surface area contributed by atoms with E-state index in [0.29, 0.717) is 24.2 Å². The molecule has 0 saturated carbocycles. The Labute approximate surface area is 212 Å². The lowest BCUT2D eigenvalue weighted by atomic mass is 10.1. The van der Waals surface area contributed by atoms with Gasteiger partial charge < -0.3 is 15.6 Å². The van der Waals surface area contributed by atoms with Crippen molar-refractivity contribution in [3.8, 4) is 11.3 Å². The average molecular weight is 497 g/mol. The van der Waals surface area contributed by atoms with Crippen LogP contribution in [0.15, 0.2) is 90.1 Å². The summed E-state index contributed by atoms with van der Waals surface area (Å²) < 4.78 is 15.3. The number of carbonyl (C=O) groups is 1. The minimum atomic E-state index is -0.429. The molecule has 8 nitrogen and oxygen atoms in total. The molecule has 186 valence electrons. The second-order valence-electron chi connectivity index (χ2n) is 8.55. The first-order valence-corrected chi connectivity index (χ1v) is 11.9. The molecule has 0 aliphatic heterocycles. The fourth-order valence-corrected chi connectivity index (χ4v) is 4.14. The van der Waals surface area contributed by atoms with E-state index in [4.69, 9.17) is 0 Å². The van der Waals surface area contributed by atoms with Crippen molar-refractivity contribution in [3.63, 3.8) is 0 Å². The molecule has 2 aromatic carbocycles. The molecule has 0 radical (unpaired) electrons. The summed E-state index contributed by atoms with van der Waals surface area (Å²) in [6.07, 6.45) is 5.40. The van der Waals surface area contributed by atoms with E-state index in [1.807, 2.05) is 42.5 Å². The zero-order valence-corrected chi connectivity index (χ0v) is 19.9. The number of halogens is 1. The summed E-state index contributed by atoms with van der Waals surface area (Å²) in [6, 6.07) is 19.6. The van der Waals surface area contributed by atoms with Crippen LogP contribution in [0.3, 0.4) is 0 Å². The molecule has 0 bridgehead atoms. The van der Waals surface area contributed by atoms with Crippen LogP contribution < -0.4 is 16.2 Å². The fraction of sp³-hybridized carbons (Fsp3) is 0.143. The van der Waals surface area contributed by atoms with Crippen LogP contribution in [-0.2, 0) is 24.3 Å². The number of hydrogen-bond donors (Lipinski definition) is 3. The van der Waals surface area contributed by atoms with Crippen molar-refractivity contribution < 1.29 is 9.18 Å². The number of carbonyl (C=O) groups excluding carboxylic acids is 1. The molecule has 0 unspecified atom stereocenters. The maximum Gasteiger partial charge on any atom is 0.294 e. The molecule has 0 aliphatic rings. The normalized spacial score (nSPS) is 10.9. The first-order chi connectivity index (χ1) is 18.1. The Morgan fingerprint density at radius 2 is 1.84 bits per heavy atom. The van der Waals surface area contributed by atoms with Crippen molar-refractivity contribution in [1.29, 1.82) is 0 Å². The van der Waals surface area contributed by atoms with Crippen LogP contribution in [0.25, 0.3) is 22.2 Å². The summed E-state index contributed by atoms with van der Waals surface area (Å²) in [7, 11) is 0. The van der Waals surface area contributed by atoms with Crippen molar-refractivity contribution in [2.75, 3.05) is 11.9 Å². The van der Waals surface area contributed by atoms with Gasteiger partial charge in [-0.25, -0.2) is 9.37 Å². The van der Waals surface area contributed by atoms with Gasteiger partial charge in [0.25, 0.3) is 5.56 Å². The van der Waals surface area contributed by atoms with Crippen LogP contribution in [-0.4, -0.2) is 32.0 Å². The van der Waals surface area contributed by atoms with E-state index in [1.165, 1.54) is 10.6 Å². The van der Waals surface area contributed by atoms with E-state index < -0.39 is 5.56 Å². The Morgan fingerprint density at radius 3 is 2.65 bits per heavy atom. The lowest BCUT2D eigenvalue weighted by Crippen LogP contribution is -2.34. The van der Waals surface area contributed by atoms with Crippen LogP contribution in [0.2, 0.25) is 0 Å². The van der Waals surface area contributed by atoms with Crippen molar-refractivity contribution in [3.05, 3.63) is 113 Å². The molecule has 5 rings (SSSR count). The number of aromatic amines is 1. The molecule has 0 fully saturated rings. The van der Waals surface area contributed by atoms with Gasteiger partial charge in [0.15, 0.2) is 5.82 Å². The van der Waals surface area contributed by atoms with Gasteiger partial charge in [0.05, 0.1) is 18.4 Å². The van der Waals surface area contributed by atoms with E-state index in [1.54, 1.807) is 36.8 Å². The van der Waals surface area contributed by atoms with E-state index in [-0.39, 0.29) is 30.6 Å². The number of nitrogens with one attached hydrogen (secondary N) is 3. The Kier molecular flexibility index (Phi) is 7.02. The van der Waals surface area contributed by atoms with Crippen LogP contribution in [0.1, 0.15) is 11.3 Å². The van der Waals surface area contributed by atoms with Crippen LogP contribution in [0.5, 0.6) is 0 Å². The number of amides is 1. The molecule has 9 heteroatoms. The van der Waals surface area contributed by atoms with Gasteiger partial charge in [-0.2, -0.15) is 0 Å². The Hall–Kier alpha value is -4.79. The van der Waals surface area contributed by atoms with Crippen molar-refractivity contribution in [2.24, 2.45) is 0 Å². The molecule has 0 spiro atoms. The molecule has 37 heavy (non-hydrogen) atoms. The van der Waals surface area contributed by atoms with E-state index in [0.717, 1.165) is 22.2 Å². The van der Waals surface area contributed by atoms with Crippen LogP contribution in [0, 0.1) is 5.82 Å². The smallest absolute Gasteiger partial charge is 0.294 e. The molecular weight excluding hydrogens is 471 g/mol. The van der Waals surface area contributed by atoms with Gasteiger partial charge in [-0.1, -0.05) is 48.5 Å². The minimum absolute atomic E-state index is 0.104. The van der Waals surface area contributed by atoms with Crippen molar-refractivity contribution >= 4 is 22.6 Å². The lowest BCUT2D eigenvalue weighted by molar-refractivity contribution is -0.121. The summed E-state index contributed by atoms with van der Waals surface area (Å²) in [5, 5.41) is 6.83. The number of pyridine rings is 1. The number of nitrogens with zero attached hydrogens (tertiary/aromatic N) is 3. The molecule has 0 atom stereocenters. The predicted octanol–water partition coefficient (Wildman–Crippen LogP) is 3.90. The fourth-order valence-electron chi connectivity index (χ4n) is 4.14. The molecule has 3 N–H and O–H groups in total. The van der Waals surface area contributed by atoms with E-state index in [2.05, 4.69) is 25.6 Å². The Balaban J connectivity index is 1.34. The molecular formula is C28H25FN6O2. The molecule has 0 aliphatic carbocycles. The molecule has 1 amide bonds. The second kappa shape index (κ2) is 10.9. The Bertz CT molecular complexity index is 1560. The quantitative estimate of drug-likeness (QED) is 0.287. The average Bonchev–Trinajstić information content (AvgIpc) is 3.34. The maximum absolute atomic E-state index is 13.9. The number of rotatable bonds is 9. The third kappa shape index (κ3) is 5.56. The second-order valence-corrected chi connectivity index (χ2v) is 8.55. The highest BCUT2D eigenvalue weighted by Gasteiger charge is 2.15. The summed E-state index contributed by atoms with van der Waals surface area (Å²) in [6.45, 7) is 0.409. The highest BCUT2D eigenvalue weighted by atomic mass is 19.1. The van der Waals surface area contributed by atoms with Gasteiger partial charge in [-0.3, -0.25) is 19.1 Å². The molecule has 5 aromatic rings. The number of aromatic nitrogens is 4. The number of benzene rings is 2. The van der Waals surface area contributed by atoms with Gasteiger partial charge in [0, 0.05) is 35.5 Å². The summed E-state index contributed by atoms with van der Waals surface area (Å²) in [5.74, 6) is -0.511. The first kappa shape index (κ1) is 23.9. The third-order valence-electron chi connectivity index (χ3n) is 6.02. The monoisotopic (exact) mass is 496 g/mol. The standard InChI is InChI=1S/C28H25FN6O2/c29-23-9-5-4-6-19(23)10-13-31-27-28(37)35(25(17-33-27)20-7-2-1-3-8-20)18-26(36)32-16-22-14-21-15-30-12-11-24(21)34-22/h1-9,11-12,14-15,17,34H,10,13,16,18H2,(H,31,33)(H,32,36).